The molecule has 2 aromatic heterocycles. The van der Waals surface area contributed by atoms with E-state index in [9.17, 15) is 0 Å². The van der Waals surface area contributed by atoms with Crippen LogP contribution in [0, 0.1) is 13.8 Å². The van der Waals surface area contributed by atoms with Crippen LogP contribution < -0.4 is 26.4 Å². The first-order valence-corrected chi connectivity index (χ1v) is 22.8. The number of aryl methyl sites for hydroxylation is 2. The summed E-state index contributed by atoms with van der Waals surface area (Å²) in [6, 6.07) is 41.4. The third-order valence-corrected chi connectivity index (χ3v) is 13.8. The molecule has 8 aromatic rings. The Morgan fingerprint density at radius 1 is 0.476 bits per heavy atom. The third kappa shape index (κ3) is 6.56. The Bertz CT molecular complexity index is 3110. The van der Waals surface area contributed by atoms with E-state index < -0.39 is 0 Å². The highest BCUT2D eigenvalue weighted by Crippen LogP contribution is 2.51. The van der Waals surface area contributed by atoms with E-state index in [0.29, 0.717) is 0 Å². The Hall–Kier alpha value is -5.94. The second-order valence-corrected chi connectivity index (χ2v) is 22.5. The minimum absolute atomic E-state index is 0.0391. The maximum Gasteiger partial charge on any atom is 0.297 e. The molecular formula is C58H61BN2O2. The molecule has 0 amide bonds. The zero-order valence-electron chi connectivity index (χ0n) is 39.8. The van der Waals surface area contributed by atoms with Gasteiger partial charge in [-0.05, 0) is 146 Å². The molecule has 4 heterocycles. The minimum Gasteiger partial charge on any atom is -0.468 e. The van der Waals surface area contributed by atoms with Crippen molar-refractivity contribution in [2.75, 3.05) is 9.80 Å². The molecule has 0 fully saturated rings. The van der Waals surface area contributed by atoms with Gasteiger partial charge in [0.05, 0.1) is 23.3 Å². The van der Waals surface area contributed by atoms with Crippen LogP contribution in [0.4, 0.5) is 34.1 Å². The first-order valence-electron chi connectivity index (χ1n) is 22.8. The molecule has 0 aliphatic carbocycles. The van der Waals surface area contributed by atoms with Crippen LogP contribution in [0.15, 0.2) is 124 Å². The summed E-state index contributed by atoms with van der Waals surface area (Å²) < 4.78 is 13.5. The molecule has 318 valence electrons. The van der Waals surface area contributed by atoms with Crippen molar-refractivity contribution in [1.29, 1.82) is 0 Å². The summed E-state index contributed by atoms with van der Waals surface area (Å²) in [5.74, 6) is 0. The van der Waals surface area contributed by atoms with E-state index in [4.69, 9.17) is 8.83 Å². The van der Waals surface area contributed by atoms with Crippen molar-refractivity contribution in [2.45, 2.75) is 119 Å². The molecule has 0 atom stereocenters. The normalized spacial score (nSPS) is 14.1. The number of rotatable bonds is 3. The molecule has 0 unspecified atom stereocenters. The van der Waals surface area contributed by atoms with Gasteiger partial charge in [-0.25, -0.2) is 0 Å². The number of nitrogens with zero attached hydrogens (tertiary/aromatic N) is 2. The Morgan fingerprint density at radius 2 is 1.05 bits per heavy atom. The molecule has 10 rings (SSSR count). The predicted octanol–water partition coefficient (Wildman–Crippen LogP) is 14.7. The lowest BCUT2D eigenvalue weighted by Crippen LogP contribution is -2.61. The lowest BCUT2D eigenvalue weighted by atomic mass is 9.35. The predicted molar refractivity (Wildman–Crippen MR) is 270 cm³/mol. The fraction of sp³-hybridized carbons (Fsp3) is 0.310. The van der Waals surface area contributed by atoms with Gasteiger partial charge in [-0.15, -0.1) is 0 Å². The summed E-state index contributed by atoms with van der Waals surface area (Å²) in [6.07, 6.45) is 1.91. The topological polar surface area (TPSA) is 32.8 Å². The van der Waals surface area contributed by atoms with Crippen LogP contribution in [0.1, 0.15) is 116 Å². The van der Waals surface area contributed by atoms with E-state index in [1.54, 1.807) is 0 Å². The number of fused-ring (bicyclic) bond motifs is 7. The molecule has 0 bridgehead atoms. The van der Waals surface area contributed by atoms with Crippen LogP contribution in [-0.4, -0.2) is 6.71 Å². The number of furan rings is 2. The smallest absolute Gasteiger partial charge is 0.297 e. The summed E-state index contributed by atoms with van der Waals surface area (Å²) in [4.78, 5) is 5.12. The molecule has 0 saturated heterocycles. The quantitative estimate of drug-likeness (QED) is 0.166. The van der Waals surface area contributed by atoms with Gasteiger partial charge in [-0.2, -0.15) is 0 Å². The zero-order valence-corrected chi connectivity index (χ0v) is 39.8. The van der Waals surface area contributed by atoms with Gasteiger partial charge < -0.3 is 18.6 Å². The fourth-order valence-corrected chi connectivity index (χ4v) is 10.1. The third-order valence-electron chi connectivity index (χ3n) is 13.8. The van der Waals surface area contributed by atoms with E-state index in [2.05, 4.69) is 204 Å². The highest BCUT2D eigenvalue weighted by Gasteiger charge is 2.48. The first kappa shape index (κ1) is 41.1. The lowest BCUT2D eigenvalue weighted by molar-refractivity contribution is 0.589. The van der Waals surface area contributed by atoms with Crippen LogP contribution in [0.5, 0.6) is 0 Å². The molecule has 63 heavy (non-hydrogen) atoms. The highest BCUT2D eigenvalue weighted by molar-refractivity contribution is 7.00. The minimum atomic E-state index is -0.140. The SMILES string of the molecule is Cc1cc(-c2coc3ccccc23)cc(C)c1N1c2cc(C(C)(C)C)cc3c2B(c2cc(C(C)(C)C)ccc2N3c2ccc(C(C)(C)C)cc2)c2oc3ccc(C(C)(C)C)cc3c21. The largest absolute Gasteiger partial charge is 0.468 e. The van der Waals surface area contributed by atoms with E-state index in [0.717, 1.165) is 50.1 Å². The monoisotopic (exact) mass is 828 g/mol. The molecule has 6 aromatic carbocycles. The summed E-state index contributed by atoms with van der Waals surface area (Å²) in [5.41, 5.74) is 22.0. The van der Waals surface area contributed by atoms with Crippen molar-refractivity contribution in [1.82, 2.24) is 0 Å². The van der Waals surface area contributed by atoms with Crippen molar-refractivity contribution >= 4 is 79.4 Å². The number of hydrogen-bond donors (Lipinski definition) is 0. The van der Waals surface area contributed by atoms with Crippen molar-refractivity contribution < 1.29 is 8.83 Å². The summed E-state index contributed by atoms with van der Waals surface area (Å²) in [6.45, 7) is 32.2. The lowest BCUT2D eigenvalue weighted by Gasteiger charge is -2.44. The van der Waals surface area contributed by atoms with E-state index in [-0.39, 0.29) is 28.4 Å². The van der Waals surface area contributed by atoms with Crippen molar-refractivity contribution in [3.63, 3.8) is 0 Å². The van der Waals surface area contributed by atoms with Crippen LogP contribution in [0.3, 0.4) is 0 Å². The van der Waals surface area contributed by atoms with E-state index in [1.807, 2.05) is 18.4 Å². The van der Waals surface area contributed by atoms with Gasteiger partial charge in [-0.3, -0.25) is 0 Å². The van der Waals surface area contributed by atoms with Gasteiger partial charge in [0, 0.05) is 39.1 Å². The standard InChI is InChI=1S/C58H61BN2O2/c1-34-27-36(44-33-62-49-18-16-15-17-42(44)49)28-35(2)52(34)61-48-32-40(58(12,13)14)31-47-51(48)59(54-53(61)43-29-38(56(6,7)8)22-26-50(43)63-54)45-30-39(57(9,10)11)21-25-46(45)60(47)41-23-19-37(20-24-41)55(3,4)5/h15-33H,1-14H3. The maximum atomic E-state index is 7.37. The van der Waals surface area contributed by atoms with Gasteiger partial charge in [0.1, 0.15) is 11.2 Å². The van der Waals surface area contributed by atoms with Crippen molar-refractivity contribution in [3.8, 4) is 11.1 Å². The maximum absolute atomic E-state index is 7.37. The van der Waals surface area contributed by atoms with Crippen LogP contribution >= 0.6 is 0 Å². The molecule has 4 nitrogen and oxygen atoms in total. The number of benzene rings is 6. The van der Waals surface area contributed by atoms with Crippen LogP contribution in [-0.2, 0) is 21.7 Å². The fourth-order valence-electron chi connectivity index (χ4n) is 10.1. The van der Waals surface area contributed by atoms with Gasteiger partial charge in [0.15, 0.2) is 0 Å². The Morgan fingerprint density at radius 3 is 1.68 bits per heavy atom. The number of anilines is 6. The Labute approximate surface area is 375 Å². The molecule has 0 N–H and O–H groups in total. The number of hydrogen-bond acceptors (Lipinski definition) is 4. The number of para-hydroxylation sites is 1. The average molecular weight is 829 g/mol. The van der Waals surface area contributed by atoms with Crippen molar-refractivity contribution in [2.24, 2.45) is 0 Å². The summed E-state index contributed by atoms with van der Waals surface area (Å²) in [7, 11) is 0. The Kier molecular flexibility index (Phi) is 8.99. The molecule has 2 aliphatic rings. The van der Waals surface area contributed by atoms with Gasteiger partial charge in [0.2, 0.25) is 0 Å². The Balaban J connectivity index is 1.33. The van der Waals surface area contributed by atoms with Gasteiger partial charge >= 0.3 is 0 Å². The second kappa shape index (κ2) is 13.8. The van der Waals surface area contributed by atoms with Crippen LogP contribution in [0.25, 0.3) is 33.1 Å². The highest BCUT2D eigenvalue weighted by atomic mass is 16.3. The van der Waals surface area contributed by atoms with E-state index in [1.165, 1.54) is 67.1 Å². The second-order valence-electron chi connectivity index (χ2n) is 22.5. The molecule has 0 saturated carbocycles. The average Bonchev–Trinajstić information content (AvgIpc) is 3.81. The van der Waals surface area contributed by atoms with Gasteiger partial charge in [-0.1, -0.05) is 132 Å². The summed E-state index contributed by atoms with van der Waals surface area (Å²) >= 11 is 0. The van der Waals surface area contributed by atoms with Crippen LogP contribution in [0.2, 0.25) is 0 Å². The molecule has 0 radical (unpaired) electrons. The molecule has 2 aliphatic heterocycles. The summed E-state index contributed by atoms with van der Waals surface area (Å²) in [5, 5.41) is 2.27. The zero-order chi connectivity index (χ0) is 44.7. The molecular weight excluding hydrogens is 767 g/mol. The van der Waals surface area contributed by atoms with Crippen molar-refractivity contribution in [3.05, 3.63) is 149 Å². The first-order chi connectivity index (χ1) is 29.6. The molecule has 0 spiro atoms. The van der Waals surface area contributed by atoms with Gasteiger partial charge in [0.25, 0.3) is 6.71 Å². The molecule has 5 heteroatoms. The van der Waals surface area contributed by atoms with E-state index >= 15 is 0 Å².